The van der Waals surface area contributed by atoms with Crippen LogP contribution in [-0.4, -0.2) is 23.5 Å². The van der Waals surface area contributed by atoms with Crippen LogP contribution in [0, 0.1) is 18.6 Å². The minimum Gasteiger partial charge on any atom is -0.360 e. The van der Waals surface area contributed by atoms with Crippen LogP contribution in [0.4, 0.5) is 14.5 Å². The van der Waals surface area contributed by atoms with Gasteiger partial charge < -0.3 is 15.2 Å². The van der Waals surface area contributed by atoms with Crippen molar-refractivity contribution in [3.8, 4) is 11.3 Å². The van der Waals surface area contributed by atoms with E-state index in [1.54, 1.807) is 18.2 Å². The molecule has 150 valence electrons. The van der Waals surface area contributed by atoms with Gasteiger partial charge in [0.25, 0.3) is 5.91 Å². The van der Waals surface area contributed by atoms with E-state index < -0.39 is 30.0 Å². The summed E-state index contributed by atoms with van der Waals surface area (Å²) in [6.07, 6.45) is 0. The fourth-order valence-corrected chi connectivity index (χ4v) is 3.14. The molecular formula is C19H13Cl2F2N3O3. The first-order valence-electron chi connectivity index (χ1n) is 8.21. The van der Waals surface area contributed by atoms with Crippen molar-refractivity contribution in [3.63, 3.8) is 0 Å². The summed E-state index contributed by atoms with van der Waals surface area (Å²) in [5, 5.41) is 9.17. The molecule has 3 rings (SSSR count). The summed E-state index contributed by atoms with van der Waals surface area (Å²) in [7, 11) is 0. The molecule has 0 aliphatic rings. The zero-order chi connectivity index (χ0) is 21.1. The number of aryl methyl sites for hydroxylation is 1. The van der Waals surface area contributed by atoms with Crippen LogP contribution in [0.5, 0.6) is 0 Å². The summed E-state index contributed by atoms with van der Waals surface area (Å²) in [6.45, 7) is 1.09. The van der Waals surface area contributed by atoms with Gasteiger partial charge in [-0.15, -0.1) is 0 Å². The normalized spacial score (nSPS) is 10.7. The molecule has 3 aromatic rings. The first-order valence-corrected chi connectivity index (χ1v) is 8.97. The number of rotatable bonds is 5. The largest absolute Gasteiger partial charge is 0.360 e. The SMILES string of the molecule is Cc1onc(-c2c(Cl)cccc2Cl)c1C(=O)NCC(=O)Nc1ccc(F)c(F)c1. The van der Waals surface area contributed by atoms with Gasteiger partial charge in [-0.05, 0) is 31.2 Å². The monoisotopic (exact) mass is 439 g/mol. The molecule has 0 spiro atoms. The highest BCUT2D eigenvalue weighted by Crippen LogP contribution is 2.36. The molecule has 0 atom stereocenters. The van der Waals surface area contributed by atoms with Gasteiger partial charge >= 0.3 is 0 Å². The molecule has 0 aliphatic carbocycles. The lowest BCUT2D eigenvalue weighted by Crippen LogP contribution is -2.33. The number of nitrogens with one attached hydrogen (secondary N) is 2. The summed E-state index contributed by atoms with van der Waals surface area (Å²) in [5.41, 5.74) is 0.578. The Morgan fingerprint density at radius 2 is 1.79 bits per heavy atom. The Kier molecular flexibility index (Phi) is 6.14. The first kappa shape index (κ1) is 20.8. The summed E-state index contributed by atoms with van der Waals surface area (Å²) >= 11 is 12.3. The van der Waals surface area contributed by atoms with E-state index >= 15 is 0 Å². The van der Waals surface area contributed by atoms with E-state index in [2.05, 4.69) is 15.8 Å². The van der Waals surface area contributed by atoms with Gasteiger partial charge in [-0.25, -0.2) is 8.78 Å². The number of carbonyl (C=O) groups is 2. The molecule has 0 unspecified atom stereocenters. The van der Waals surface area contributed by atoms with Crippen molar-refractivity contribution in [3.05, 3.63) is 69.4 Å². The standard InChI is InChI=1S/C19H13Cl2F2N3O3/c1-9-16(18(26-29-9)17-11(20)3-2-4-12(17)21)19(28)24-8-15(27)25-10-5-6-13(22)14(23)7-10/h2-7H,8H2,1H3,(H,24,28)(H,25,27). The van der Waals surface area contributed by atoms with Crippen molar-refractivity contribution in [1.82, 2.24) is 10.5 Å². The summed E-state index contributed by atoms with van der Waals surface area (Å²) < 4.78 is 31.3. The maximum Gasteiger partial charge on any atom is 0.257 e. The average Bonchev–Trinajstić information content (AvgIpc) is 3.04. The number of hydrogen-bond acceptors (Lipinski definition) is 4. The Balaban J connectivity index is 1.74. The number of halogens is 4. The van der Waals surface area contributed by atoms with Crippen LogP contribution in [0.25, 0.3) is 11.3 Å². The molecule has 1 heterocycles. The lowest BCUT2D eigenvalue weighted by Gasteiger charge is -2.09. The maximum absolute atomic E-state index is 13.2. The van der Waals surface area contributed by atoms with Gasteiger partial charge in [-0.3, -0.25) is 9.59 Å². The number of aromatic nitrogens is 1. The molecule has 29 heavy (non-hydrogen) atoms. The molecule has 2 N–H and O–H groups in total. The van der Waals surface area contributed by atoms with E-state index in [0.29, 0.717) is 5.56 Å². The molecular weight excluding hydrogens is 427 g/mol. The van der Waals surface area contributed by atoms with Gasteiger partial charge in [-0.1, -0.05) is 34.4 Å². The maximum atomic E-state index is 13.2. The molecule has 10 heteroatoms. The number of nitrogens with zero attached hydrogens (tertiary/aromatic N) is 1. The molecule has 1 aromatic heterocycles. The van der Waals surface area contributed by atoms with Crippen LogP contribution in [0.15, 0.2) is 40.9 Å². The van der Waals surface area contributed by atoms with Gasteiger partial charge in [0.2, 0.25) is 5.91 Å². The minimum absolute atomic E-state index is 0.0489. The molecule has 0 saturated carbocycles. The summed E-state index contributed by atoms with van der Waals surface area (Å²) in [4.78, 5) is 24.6. The van der Waals surface area contributed by atoms with Crippen molar-refractivity contribution in [2.24, 2.45) is 0 Å². The van der Waals surface area contributed by atoms with Crippen LogP contribution in [0.1, 0.15) is 16.1 Å². The Morgan fingerprint density at radius 1 is 1.10 bits per heavy atom. The predicted octanol–water partition coefficient (Wildman–Crippen LogP) is 4.60. The van der Waals surface area contributed by atoms with E-state index in [-0.39, 0.29) is 32.8 Å². The van der Waals surface area contributed by atoms with Gasteiger partial charge in [-0.2, -0.15) is 0 Å². The van der Waals surface area contributed by atoms with Gasteiger partial charge in [0, 0.05) is 17.3 Å². The average molecular weight is 440 g/mol. The van der Waals surface area contributed by atoms with Crippen molar-refractivity contribution in [2.45, 2.75) is 6.92 Å². The molecule has 0 saturated heterocycles. The summed E-state index contributed by atoms with van der Waals surface area (Å²) in [5.74, 6) is -3.22. The number of hydrogen-bond donors (Lipinski definition) is 2. The fraction of sp³-hybridized carbons (Fsp3) is 0.105. The minimum atomic E-state index is -1.10. The third-order valence-corrected chi connectivity index (χ3v) is 4.53. The van der Waals surface area contributed by atoms with Crippen LogP contribution >= 0.6 is 23.2 Å². The predicted molar refractivity (Wildman–Crippen MR) is 104 cm³/mol. The third-order valence-electron chi connectivity index (χ3n) is 3.90. The lowest BCUT2D eigenvalue weighted by atomic mass is 10.1. The topological polar surface area (TPSA) is 84.2 Å². The number of carbonyl (C=O) groups excluding carboxylic acids is 2. The molecule has 0 aliphatic heterocycles. The van der Waals surface area contributed by atoms with E-state index in [0.717, 1.165) is 12.1 Å². The Labute approximate surface area is 173 Å². The van der Waals surface area contributed by atoms with E-state index in [1.807, 2.05) is 0 Å². The zero-order valence-corrected chi connectivity index (χ0v) is 16.4. The smallest absolute Gasteiger partial charge is 0.257 e. The second kappa shape index (κ2) is 8.59. The Bertz CT molecular complexity index is 1080. The van der Waals surface area contributed by atoms with Crippen LogP contribution in [-0.2, 0) is 4.79 Å². The van der Waals surface area contributed by atoms with Crippen LogP contribution in [0.3, 0.4) is 0 Å². The molecule has 0 fully saturated rings. The molecule has 2 amide bonds. The second-order valence-corrected chi connectivity index (χ2v) is 6.73. The number of anilines is 1. The van der Waals surface area contributed by atoms with Crippen molar-refractivity contribution >= 4 is 40.7 Å². The van der Waals surface area contributed by atoms with E-state index in [9.17, 15) is 18.4 Å². The van der Waals surface area contributed by atoms with E-state index in [1.165, 1.54) is 13.0 Å². The lowest BCUT2D eigenvalue weighted by molar-refractivity contribution is -0.115. The molecule has 2 aromatic carbocycles. The highest BCUT2D eigenvalue weighted by atomic mass is 35.5. The quantitative estimate of drug-likeness (QED) is 0.608. The van der Waals surface area contributed by atoms with Gasteiger partial charge in [0.05, 0.1) is 16.6 Å². The number of benzene rings is 2. The third kappa shape index (κ3) is 4.55. The van der Waals surface area contributed by atoms with Gasteiger partial charge in [0.1, 0.15) is 17.0 Å². The van der Waals surface area contributed by atoms with Crippen LogP contribution < -0.4 is 10.6 Å². The number of amides is 2. The molecule has 0 bridgehead atoms. The molecule has 6 nitrogen and oxygen atoms in total. The highest BCUT2D eigenvalue weighted by Gasteiger charge is 2.25. The van der Waals surface area contributed by atoms with Crippen molar-refractivity contribution < 1.29 is 22.9 Å². The first-order chi connectivity index (χ1) is 13.8. The fourth-order valence-electron chi connectivity index (χ4n) is 2.56. The van der Waals surface area contributed by atoms with E-state index in [4.69, 9.17) is 27.7 Å². The van der Waals surface area contributed by atoms with Gasteiger partial charge in [0.15, 0.2) is 11.6 Å². The molecule has 0 radical (unpaired) electrons. The highest BCUT2D eigenvalue weighted by molar-refractivity contribution is 6.39. The Morgan fingerprint density at radius 3 is 2.45 bits per heavy atom. The summed E-state index contributed by atoms with van der Waals surface area (Å²) in [6, 6.07) is 7.72. The van der Waals surface area contributed by atoms with Crippen molar-refractivity contribution in [2.75, 3.05) is 11.9 Å². The second-order valence-electron chi connectivity index (χ2n) is 5.92. The zero-order valence-electron chi connectivity index (χ0n) is 14.9. The van der Waals surface area contributed by atoms with Crippen LogP contribution in [0.2, 0.25) is 10.0 Å². The van der Waals surface area contributed by atoms with Crippen molar-refractivity contribution in [1.29, 1.82) is 0 Å². The Hall–Kier alpha value is -2.97.